The maximum absolute atomic E-state index is 12.5. The molecule has 0 saturated carbocycles. The first-order valence-electron chi connectivity index (χ1n) is 7.00. The number of carbonyl (C=O) groups is 1. The summed E-state index contributed by atoms with van der Waals surface area (Å²) in [6.07, 6.45) is 0. The van der Waals surface area contributed by atoms with Gasteiger partial charge in [0.2, 0.25) is 0 Å². The number of rotatable bonds is 3. The van der Waals surface area contributed by atoms with Gasteiger partial charge in [0.25, 0.3) is 5.91 Å². The molecule has 112 valence electrons. The molecule has 0 aliphatic heterocycles. The highest BCUT2D eigenvalue weighted by atomic mass is 32.1. The molecule has 1 heterocycles. The van der Waals surface area contributed by atoms with E-state index in [1.165, 1.54) is 11.5 Å². The highest BCUT2D eigenvalue weighted by molar-refractivity contribution is 7.13. The molecule has 0 unspecified atom stereocenters. The van der Waals surface area contributed by atoms with Gasteiger partial charge in [0.05, 0.1) is 10.7 Å². The number of phenolic OH excluding ortho intramolecular Hbond substituents is 1. The SMILES string of the molecule is Cc1ccc2snc(C(=O)N[C@@H](C)c3cccc(O)c3)c2c1. The number of amides is 1. The molecule has 22 heavy (non-hydrogen) atoms. The van der Waals surface area contributed by atoms with Gasteiger partial charge in [-0.15, -0.1) is 0 Å². The van der Waals surface area contributed by atoms with Crippen molar-refractivity contribution in [3.05, 3.63) is 59.3 Å². The third-order valence-electron chi connectivity index (χ3n) is 3.56. The predicted molar refractivity (Wildman–Crippen MR) is 88.3 cm³/mol. The minimum atomic E-state index is -0.207. The molecule has 0 spiro atoms. The van der Waals surface area contributed by atoms with Crippen LogP contribution in [0, 0.1) is 6.92 Å². The molecule has 1 atom stereocenters. The quantitative estimate of drug-likeness (QED) is 0.773. The van der Waals surface area contributed by atoms with Crippen LogP contribution >= 0.6 is 11.5 Å². The summed E-state index contributed by atoms with van der Waals surface area (Å²) in [5, 5.41) is 13.3. The van der Waals surface area contributed by atoms with E-state index in [9.17, 15) is 9.90 Å². The van der Waals surface area contributed by atoms with Crippen LogP contribution in [0.15, 0.2) is 42.5 Å². The number of hydrogen-bond acceptors (Lipinski definition) is 4. The molecule has 3 rings (SSSR count). The summed E-state index contributed by atoms with van der Waals surface area (Å²) in [7, 11) is 0. The van der Waals surface area contributed by atoms with Gasteiger partial charge >= 0.3 is 0 Å². The standard InChI is InChI=1S/C17H16N2O2S/c1-10-6-7-15-14(8-10)16(19-22-15)17(21)18-11(2)12-4-3-5-13(20)9-12/h3-9,11,20H,1-2H3,(H,18,21)/t11-/m0/s1. The number of benzene rings is 2. The van der Waals surface area contributed by atoms with Gasteiger partial charge in [0, 0.05) is 5.39 Å². The van der Waals surface area contributed by atoms with Crippen LogP contribution in [0.25, 0.3) is 10.1 Å². The first-order valence-corrected chi connectivity index (χ1v) is 7.78. The number of nitrogens with zero attached hydrogens (tertiary/aromatic N) is 1. The first kappa shape index (κ1) is 14.5. The zero-order valence-electron chi connectivity index (χ0n) is 12.3. The van der Waals surface area contributed by atoms with E-state index in [0.717, 1.165) is 21.2 Å². The Morgan fingerprint density at radius 3 is 2.86 bits per heavy atom. The second-order valence-electron chi connectivity index (χ2n) is 5.32. The van der Waals surface area contributed by atoms with Crippen molar-refractivity contribution in [1.29, 1.82) is 0 Å². The van der Waals surface area contributed by atoms with Crippen LogP contribution in [0.5, 0.6) is 5.75 Å². The molecular weight excluding hydrogens is 296 g/mol. The van der Waals surface area contributed by atoms with Crippen molar-refractivity contribution in [3.63, 3.8) is 0 Å². The van der Waals surface area contributed by atoms with E-state index in [0.29, 0.717) is 5.69 Å². The Kier molecular flexibility index (Phi) is 3.81. The molecule has 2 aromatic carbocycles. The molecule has 0 aliphatic carbocycles. The lowest BCUT2D eigenvalue weighted by Gasteiger charge is -2.13. The van der Waals surface area contributed by atoms with Gasteiger partial charge in [0.1, 0.15) is 11.4 Å². The number of aromatic nitrogens is 1. The minimum Gasteiger partial charge on any atom is -0.508 e. The number of phenols is 1. The first-order chi connectivity index (χ1) is 10.5. The van der Waals surface area contributed by atoms with Gasteiger partial charge < -0.3 is 10.4 Å². The van der Waals surface area contributed by atoms with Crippen LogP contribution in [0.1, 0.15) is 34.6 Å². The van der Waals surface area contributed by atoms with Crippen LogP contribution < -0.4 is 5.32 Å². The molecule has 2 N–H and O–H groups in total. The second-order valence-corrected chi connectivity index (χ2v) is 6.13. The number of aromatic hydroxyl groups is 1. The summed E-state index contributed by atoms with van der Waals surface area (Å²) < 4.78 is 5.28. The molecule has 0 aliphatic rings. The highest BCUT2D eigenvalue weighted by Gasteiger charge is 2.17. The fourth-order valence-corrected chi connectivity index (χ4v) is 3.11. The third kappa shape index (κ3) is 2.80. The molecule has 0 bridgehead atoms. The zero-order chi connectivity index (χ0) is 15.7. The van der Waals surface area contributed by atoms with E-state index in [-0.39, 0.29) is 17.7 Å². The van der Waals surface area contributed by atoms with Crippen LogP contribution in [-0.4, -0.2) is 15.4 Å². The number of carbonyl (C=O) groups excluding carboxylic acids is 1. The topological polar surface area (TPSA) is 62.2 Å². The fourth-order valence-electron chi connectivity index (χ4n) is 2.36. The van der Waals surface area contributed by atoms with Gasteiger partial charge in [-0.25, -0.2) is 0 Å². The predicted octanol–water partition coefficient (Wildman–Crippen LogP) is 3.80. The van der Waals surface area contributed by atoms with E-state index in [1.807, 2.05) is 38.1 Å². The van der Waals surface area contributed by atoms with E-state index in [4.69, 9.17) is 0 Å². The average Bonchev–Trinajstić information content (AvgIpc) is 2.90. The van der Waals surface area contributed by atoms with E-state index >= 15 is 0 Å². The Hall–Kier alpha value is -2.40. The second kappa shape index (κ2) is 5.77. The van der Waals surface area contributed by atoms with Gasteiger partial charge in [-0.05, 0) is 55.2 Å². The smallest absolute Gasteiger partial charge is 0.272 e. The molecule has 3 aromatic rings. The molecule has 5 heteroatoms. The molecule has 1 aromatic heterocycles. The normalized spacial score (nSPS) is 12.3. The lowest BCUT2D eigenvalue weighted by molar-refractivity contribution is 0.0937. The Labute approximate surface area is 132 Å². The van der Waals surface area contributed by atoms with Crippen molar-refractivity contribution in [2.24, 2.45) is 0 Å². The number of hydrogen-bond donors (Lipinski definition) is 2. The summed E-state index contributed by atoms with van der Waals surface area (Å²) >= 11 is 1.33. The molecule has 4 nitrogen and oxygen atoms in total. The molecule has 1 amide bonds. The van der Waals surface area contributed by atoms with Crippen molar-refractivity contribution < 1.29 is 9.90 Å². The molecule has 0 radical (unpaired) electrons. The monoisotopic (exact) mass is 312 g/mol. The molecule has 0 fully saturated rings. The van der Waals surface area contributed by atoms with Crippen LogP contribution in [0.2, 0.25) is 0 Å². The summed E-state index contributed by atoms with van der Waals surface area (Å²) in [6.45, 7) is 3.88. The lowest BCUT2D eigenvalue weighted by Crippen LogP contribution is -2.27. The van der Waals surface area contributed by atoms with Crippen molar-refractivity contribution in [2.45, 2.75) is 19.9 Å². The van der Waals surface area contributed by atoms with Crippen LogP contribution in [0.4, 0.5) is 0 Å². The summed E-state index contributed by atoms with van der Waals surface area (Å²) in [5.74, 6) is -0.0129. The van der Waals surface area contributed by atoms with Crippen molar-refractivity contribution >= 4 is 27.5 Å². The fraction of sp³-hybridized carbons (Fsp3) is 0.176. The van der Waals surface area contributed by atoms with E-state index < -0.39 is 0 Å². The Morgan fingerprint density at radius 1 is 1.27 bits per heavy atom. The largest absolute Gasteiger partial charge is 0.508 e. The van der Waals surface area contributed by atoms with Gasteiger partial charge in [-0.1, -0.05) is 23.8 Å². The third-order valence-corrected chi connectivity index (χ3v) is 4.38. The van der Waals surface area contributed by atoms with Crippen molar-refractivity contribution in [3.8, 4) is 5.75 Å². The maximum atomic E-state index is 12.5. The zero-order valence-corrected chi connectivity index (χ0v) is 13.1. The summed E-state index contributed by atoms with van der Waals surface area (Å²) in [4.78, 5) is 12.5. The highest BCUT2D eigenvalue weighted by Crippen LogP contribution is 2.25. The van der Waals surface area contributed by atoms with Gasteiger partial charge in [-0.3, -0.25) is 4.79 Å². The van der Waals surface area contributed by atoms with Crippen LogP contribution in [-0.2, 0) is 0 Å². The number of aryl methyl sites for hydroxylation is 1. The Bertz CT molecular complexity index is 842. The Balaban J connectivity index is 1.85. The molecule has 0 saturated heterocycles. The van der Waals surface area contributed by atoms with Crippen LogP contribution in [0.3, 0.4) is 0 Å². The average molecular weight is 312 g/mol. The number of nitrogens with one attached hydrogen (secondary N) is 1. The lowest BCUT2D eigenvalue weighted by atomic mass is 10.1. The minimum absolute atomic E-state index is 0.188. The van der Waals surface area contributed by atoms with Gasteiger partial charge in [0.15, 0.2) is 0 Å². The maximum Gasteiger partial charge on any atom is 0.272 e. The van der Waals surface area contributed by atoms with Crippen molar-refractivity contribution in [1.82, 2.24) is 9.69 Å². The molecular formula is C17H16N2O2S. The van der Waals surface area contributed by atoms with Gasteiger partial charge in [-0.2, -0.15) is 4.37 Å². The van der Waals surface area contributed by atoms with E-state index in [1.54, 1.807) is 18.2 Å². The van der Waals surface area contributed by atoms with E-state index in [2.05, 4.69) is 9.69 Å². The Morgan fingerprint density at radius 2 is 2.09 bits per heavy atom. The summed E-state index contributed by atoms with van der Waals surface area (Å²) in [6, 6.07) is 12.6. The van der Waals surface area contributed by atoms with Crippen molar-refractivity contribution in [2.75, 3.05) is 0 Å². The number of fused-ring (bicyclic) bond motifs is 1. The summed E-state index contributed by atoms with van der Waals surface area (Å²) in [5.41, 5.74) is 2.41.